The van der Waals surface area contributed by atoms with Gasteiger partial charge in [0.05, 0.1) is 18.8 Å². The maximum Gasteiger partial charge on any atom is 0.325 e. The molecule has 1 atom stereocenters. The summed E-state index contributed by atoms with van der Waals surface area (Å²) < 4.78 is 4.79. The molecule has 1 aromatic heterocycles. The summed E-state index contributed by atoms with van der Waals surface area (Å²) in [7, 11) is 1.41. The van der Waals surface area contributed by atoms with Gasteiger partial charge >= 0.3 is 5.97 Å². The summed E-state index contributed by atoms with van der Waals surface area (Å²) in [6.07, 6.45) is 3.79. The topological polar surface area (TPSA) is 51.2 Å². The molecule has 1 N–H and O–H groups in total. The summed E-state index contributed by atoms with van der Waals surface area (Å²) in [5.74, 6) is -0.248. The SMILES string of the molecule is COC(=O)C(C)(C)NC1CCc2cccnc21. The van der Waals surface area contributed by atoms with Gasteiger partial charge in [0.15, 0.2) is 0 Å². The van der Waals surface area contributed by atoms with E-state index >= 15 is 0 Å². The van der Waals surface area contributed by atoms with E-state index in [4.69, 9.17) is 4.74 Å². The number of ether oxygens (including phenoxy) is 1. The zero-order valence-electron chi connectivity index (χ0n) is 10.5. The van der Waals surface area contributed by atoms with Crippen LogP contribution in [-0.4, -0.2) is 23.6 Å². The number of hydrogen-bond acceptors (Lipinski definition) is 4. The number of rotatable bonds is 3. The molecule has 1 aliphatic carbocycles. The van der Waals surface area contributed by atoms with E-state index in [0.717, 1.165) is 18.5 Å². The van der Waals surface area contributed by atoms with Gasteiger partial charge in [0, 0.05) is 6.20 Å². The number of pyridine rings is 1. The van der Waals surface area contributed by atoms with E-state index in [2.05, 4.69) is 16.4 Å². The van der Waals surface area contributed by atoms with Crippen LogP contribution < -0.4 is 5.32 Å². The standard InChI is InChI=1S/C13H18N2O2/c1-13(2,12(16)17-3)15-10-7-6-9-5-4-8-14-11(9)10/h4-5,8,10,15H,6-7H2,1-3H3. The van der Waals surface area contributed by atoms with Gasteiger partial charge in [-0.05, 0) is 38.3 Å². The fraction of sp³-hybridized carbons (Fsp3) is 0.538. The highest BCUT2D eigenvalue weighted by molar-refractivity contribution is 5.79. The molecule has 1 heterocycles. The molecule has 0 amide bonds. The Bertz CT molecular complexity index is 429. The minimum Gasteiger partial charge on any atom is -0.468 e. The molecule has 0 radical (unpaired) electrons. The van der Waals surface area contributed by atoms with Crippen LogP contribution in [0.15, 0.2) is 18.3 Å². The highest BCUT2D eigenvalue weighted by Crippen LogP contribution is 2.30. The van der Waals surface area contributed by atoms with Crippen molar-refractivity contribution < 1.29 is 9.53 Å². The van der Waals surface area contributed by atoms with Crippen molar-refractivity contribution in [2.24, 2.45) is 0 Å². The molecule has 1 aromatic rings. The number of nitrogens with zero attached hydrogens (tertiary/aromatic N) is 1. The fourth-order valence-electron chi connectivity index (χ4n) is 2.30. The molecule has 4 nitrogen and oxygen atoms in total. The molecule has 1 unspecified atom stereocenters. The lowest BCUT2D eigenvalue weighted by Crippen LogP contribution is -2.48. The van der Waals surface area contributed by atoms with Crippen LogP contribution in [0.25, 0.3) is 0 Å². The van der Waals surface area contributed by atoms with Gasteiger partial charge in [-0.1, -0.05) is 6.07 Å². The molecule has 0 bridgehead atoms. The molecule has 0 aliphatic heterocycles. The Hall–Kier alpha value is -1.42. The molecule has 1 aliphatic rings. The van der Waals surface area contributed by atoms with Crippen LogP contribution in [0.3, 0.4) is 0 Å². The average Bonchev–Trinajstić information content (AvgIpc) is 2.71. The van der Waals surface area contributed by atoms with Crippen LogP contribution in [-0.2, 0) is 16.0 Å². The van der Waals surface area contributed by atoms with Gasteiger partial charge in [-0.2, -0.15) is 0 Å². The normalized spacial score (nSPS) is 18.9. The number of hydrogen-bond donors (Lipinski definition) is 1. The average molecular weight is 234 g/mol. The van der Waals surface area contributed by atoms with Gasteiger partial charge in [-0.15, -0.1) is 0 Å². The first kappa shape index (κ1) is 12.0. The van der Waals surface area contributed by atoms with E-state index in [-0.39, 0.29) is 12.0 Å². The summed E-state index contributed by atoms with van der Waals surface area (Å²) >= 11 is 0. The minimum atomic E-state index is -0.682. The number of aryl methyl sites for hydroxylation is 1. The molecule has 0 aromatic carbocycles. The van der Waals surface area contributed by atoms with Crippen molar-refractivity contribution in [2.45, 2.75) is 38.3 Å². The van der Waals surface area contributed by atoms with Crippen LogP contribution in [0.4, 0.5) is 0 Å². The van der Waals surface area contributed by atoms with Gasteiger partial charge < -0.3 is 4.74 Å². The fourth-order valence-corrected chi connectivity index (χ4v) is 2.30. The van der Waals surface area contributed by atoms with Crippen LogP contribution in [0.5, 0.6) is 0 Å². The summed E-state index contributed by atoms with van der Waals surface area (Å²) in [6, 6.07) is 4.18. The van der Waals surface area contributed by atoms with Crippen LogP contribution >= 0.6 is 0 Å². The van der Waals surface area contributed by atoms with E-state index in [1.165, 1.54) is 12.7 Å². The van der Waals surface area contributed by atoms with E-state index in [1.807, 2.05) is 19.9 Å². The Balaban J connectivity index is 2.14. The Morgan fingerprint density at radius 2 is 2.35 bits per heavy atom. The third-order valence-corrected chi connectivity index (χ3v) is 3.19. The zero-order chi connectivity index (χ0) is 12.5. The first-order valence-corrected chi connectivity index (χ1v) is 5.84. The maximum absolute atomic E-state index is 11.6. The summed E-state index contributed by atoms with van der Waals surface area (Å²) in [5.41, 5.74) is 1.65. The number of methoxy groups -OCH3 is 1. The molecule has 4 heteroatoms. The van der Waals surface area contributed by atoms with E-state index in [9.17, 15) is 4.79 Å². The Morgan fingerprint density at radius 1 is 1.59 bits per heavy atom. The van der Waals surface area contributed by atoms with E-state index in [1.54, 1.807) is 6.20 Å². The van der Waals surface area contributed by atoms with Gasteiger partial charge in [0.1, 0.15) is 5.54 Å². The van der Waals surface area contributed by atoms with Crippen molar-refractivity contribution in [1.82, 2.24) is 10.3 Å². The number of esters is 1. The summed E-state index contributed by atoms with van der Waals surface area (Å²) in [4.78, 5) is 16.0. The maximum atomic E-state index is 11.6. The number of aromatic nitrogens is 1. The third kappa shape index (κ3) is 2.31. The number of carbonyl (C=O) groups excluding carboxylic acids is 1. The van der Waals surface area contributed by atoms with Crippen molar-refractivity contribution in [2.75, 3.05) is 7.11 Å². The lowest BCUT2D eigenvalue weighted by molar-refractivity contribution is -0.147. The van der Waals surface area contributed by atoms with Crippen molar-refractivity contribution >= 4 is 5.97 Å². The van der Waals surface area contributed by atoms with Gasteiger partial charge in [0.2, 0.25) is 0 Å². The highest BCUT2D eigenvalue weighted by atomic mass is 16.5. The lowest BCUT2D eigenvalue weighted by Gasteiger charge is -2.27. The number of fused-ring (bicyclic) bond motifs is 1. The van der Waals surface area contributed by atoms with Crippen LogP contribution in [0.1, 0.15) is 37.6 Å². The molecule has 0 spiro atoms. The van der Waals surface area contributed by atoms with Gasteiger partial charge in [-0.3, -0.25) is 15.1 Å². The van der Waals surface area contributed by atoms with Crippen molar-refractivity contribution in [1.29, 1.82) is 0 Å². The molecular formula is C13H18N2O2. The first-order chi connectivity index (χ1) is 8.04. The molecular weight excluding hydrogens is 216 g/mol. The van der Waals surface area contributed by atoms with Crippen LogP contribution in [0.2, 0.25) is 0 Å². The molecule has 2 rings (SSSR count). The monoisotopic (exact) mass is 234 g/mol. The third-order valence-electron chi connectivity index (χ3n) is 3.19. The molecule has 0 fully saturated rings. The molecule has 0 saturated heterocycles. The first-order valence-electron chi connectivity index (χ1n) is 5.84. The predicted octanol–water partition coefficient (Wildman–Crippen LogP) is 1.61. The lowest BCUT2D eigenvalue weighted by atomic mass is 10.0. The van der Waals surface area contributed by atoms with E-state index in [0.29, 0.717) is 0 Å². The second-order valence-corrected chi connectivity index (χ2v) is 4.90. The molecule has 17 heavy (non-hydrogen) atoms. The van der Waals surface area contributed by atoms with Gasteiger partial charge in [-0.25, -0.2) is 0 Å². The van der Waals surface area contributed by atoms with Crippen molar-refractivity contribution in [3.8, 4) is 0 Å². The molecule has 92 valence electrons. The quantitative estimate of drug-likeness (QED) is 0.807. The second-order valence-electron chi connectivity index (χ2n) is 4.90. The Labute approximate surface area is 101 Å². The van der Waals surface area contributed by atoms with Crippen molar-refractivity contribution in [3.63, 3.8) is 0 Å². The Morgan fingerprint density at radius 3 is 3.06 bits per heavy atom. The zero-order valence-corrected chi connectivity index (χ0v) is 10.5. The minimum absolute atomic E-state index is 0.139. The van der Waals surface area contributed by atoms with E-state index < -0.39 is 5.54 Å². The smallest absolute Gasteiger partial charge is 0.325 e. The van der Waals surface area contributed by atoms with Crippen molar-refractivity contribution in [3.05, 3.63) is 29.6 Å². The number of nitrogens with one attached hydrogen (secondary N) is 1. The Kier molecular flexibility index (Phi) is 3.15. The largest absolute Gasteiger partial charge is 0.468 e. The van der Waals surface area contributed by atoms with Crippen LogP contribution in [0, 0.1) is 0 Å². The summed E-state index contributed by atoms with van der Waals surface area (Å²) in [6.45, 7) is 3.67. The van der Waals surface area contributed by atoms with Gasteiger partial charge in [0.25, 0.3) is 0 Å². The number of carbonyl (C=O) groups is 1. The predicted molar refractivity (Wildman–Crippen MR) is 64.5 cm³/mol. The second kappa shape index (κ2) is 4.45. The highest BCUT2D eigenvalue weighted by Gasteiger charge is 2.34. The summed E-state index contributed by atoms with van der Waals surface area (Å²) in [5, 5.41) is 3.33. The molecule has 0 saturated carbocycles.